The van der Waals surface area contributed by atoms with Gasteiger partial charge in [-0.1, -0.05) is 0 Å². The zero-order valence-corrected chi connectivity index (χ0v) is 8.18. The Kier molecular flexibility index (Phi) is 3.52. The molecule has 0 aliphatic heterocycles. The van der Waals surface area contributed by atoms with Crippen molar-refractivity contribution >= 4 is 17.9 Å². The number of pyridine rings is 1. The molecular formula is C9H8ClF2NO. The first-order valence-corrected chi connectivity index (χ1v) is 4.43. The summed E-state index contributed by atoms with van der Waals surface area (Å²) in [4.78, 5) is 13.9. The summed E-state index contributed by atoms with van der Waals surface area (Å²) >= 11 is 5.52. The molecule has 0 saturated carbocycles. The monoisotopic (exact) mass is 219 g/mol. The number of carbonyl (C=O) groups excluding carboxylic acids is 1. The third-order valence-corrected chi connectivity index (χ3v) is 2.13. The molecule has 0 aromatic carbocycles. The molecule has 0 unspecified atom stereocenters. The van der Waals surface area contributed by atoms with E-state index in [1.165, 1.54) is 6.07 Å². The highest BCUT2D eigenvalue weighted by Crippen LogP contribution is 2.25. The number of nitrogens with zero attached hydrogens (tertiary/aromatic N) is 1. The number of hydrogen-bond acceptors (Lipinski definition) is 2. The van der Waals surface area contributed by atoms with Gasteiger partial charge in [0.2, 0.25) is 0 Å². The van der Waals surface area contributed by atoms with E-state index in [2.05, 4.69) is 4.98 Å². The minimum absolute atomic E-state index is 0.00617. The van der Waals surface area contributed by atoms with Crippen molar-refractivity contribution in [1.82, 2.24) is 4.98 Å². The summed E-state index contributed by atoms with van der Waals surface area (Å²) in [6.45, 7) is 1.62. The second kappa shape index (κ2) is 4.46. The lowest BCUT2D eigenvalue weighted by molar-refractivity contribution is 0.111. The molecule has 14 heavy (non-hydrogen) atoms. The number of aryl methyl sites for hydroxylation is 1. The Hall–Kier alpha value is -1.03. The lowest BCUT2D eigenvalue weighted by Gasteiger charge is -2.09. The molecule has 5 heteroatoms. The van der Waals surface area contributed by atoms with Crippen LogP contribution < -0.4 is 0 Å². The van der Waals surface area contributed by atoms with Gasteiger partial charge in [-0.3, -0.25) is 4.79 Å². The van der Waals surface area contributed by atoms with Gasteiger partial charge in [0, 0.05) is 5.88 Å². The van der Waals surface area contributed by atoms with Crippen molar-refractivity contribution in [3.63, 3.8) is 0 Å². The maximum atomic E-state index is 12.5. The van der Waals surface area contributed by atoms with E-state index >= 15 is 0 Å². The lowest BCUT2D eigenvalue weighted by atomic mass is 10.1. The fourth-order valence-corrected chi connectivity index (χ4v) is 1.51. The van der Waals surface area contributed by atoms with Crippen molar-refractivity contribution in [2.24, 2.45) is 0 Å². The summed E-state index contributed by atoms with van der Waals surface area (Å²) in [6, 6.07) is 1.44. The number of alkyl halides is 3. The van der Waals surface area contributed by atoms with Gasteiger partial charge in [-0.25, -0.2) is 13.8 Å². The number of hydrogen-bond donors (Lipinski definition) is 0. The van der Waals surface area contributed by atoms with Gasteiger partial charge in [0.25, 0.3) is 6.43 Å². The van der Waals surface area contributed by atoms with Crippen molar-refractivity contribution in [1.29, 1.82) is 0 Å². The quantitative estimate of drug-likeness (QED) is 0.578. The Morgan fingerprint density at radius 1 is 1.64 bits per heavy atom. The molecule has 1 aromatic heterocycles. The first kappa shape index (κ1) is 11.0. The van der Waals surface area contributed by atoms with E-state index in [4.69, 9.17) is 11.6 Å². The summed E-state index contributed by atoms with van der Waals surface area (Å²) in [5.74, 6) is -0.0301. The van der Waals surface area contributed by atoms with E-state index in [0.29, 0.717) is 17.4 Å². The molecule has 0 spiro atoms. The van der Waals surface area contributed by atoms with E-state index in [1.54, 1.807) is 6.92 Å². The summed E-state index contributed by atoms with van der Waals surface area (Å²) < 4.78 is 24.9. The molecule has 1 rings (SSSR count). The molecule has 0 bridgehead atoms. The molecular weight excluding hydrogens is 212 g/mol. The van der Waals surface area contributed by atoms with E-state index in [0.717, 1.165) is 0 Å². The van der Waals surface area contributed by atoms with Gasteiger partial charge in [0.1, 0.15) is 11.4 Å². The molecule has 0 fully saturated rings. The highest BCUT2D eigenvalue weighted by molar-refractivity contribution is 6.17. The van der Waals surface area contributed by atoms with E-state index in [-0.39, 0.29) is 11.6 Å². The Morgan fingerprint density at radius 3 is 2.71 bits per heavy atom. The van der Waals surface area contributed by atoms with Gasteiger partial charge in [0.15, 0.2) is 6.29 Å². The third-order valence-electron chi connectivity index (χ3n) is 1.86. The van der Waals surface area contributed by atoms with Gasteiger partial charge in [-0.05, 0) is 24.1 Å². The van der Waals surface area contributed by atoms with Gasteiger partial charge in [-0.2, -0.15) is 0 Å². The average Bonchev–Trinajstić information content (AvgIpc) is 2.16. The van der Waals surface area contributed by atoms with Crippen LogP contribution in [0.1, 0.15) is 33.7 Å². The topological polar surface area (TPSA) is 30.0 Å². The summed E-state index contributed by atoms with van der Waals surface area (Å²) in [7, 11) is 0. The number of carbonyl (C=O) groups is 1. The van der Waals surface area contributed by atoms with E-state index < -0.39 is 12.1 Å². The number of aromatic nitrogens is 1. The maximum Gasteiger partial charge on any atom is 0.280 e. The van der Waals surface area contributed by atoms with Crippen molar-refractivity contribution < 1.29 is 13.6 Å². The van der Waals surface area contributed by atoms with Gasteiger partial charge in [0.05, 0.1) is 0 Å². The van der Waals surface area contributed by atoms with Gasteiger partial charge < -0.3 is 0 Å². The van der Waals surface area contributed by atoms with Gasteiger partial charge >= 0.3 is 0 Å². The molecule has 0 amide bonds. The Morgan fingerprint density at radius 2 is 2.29 bits per heavy atom. The molecule has 1 heterocycles. The van der Waals surface area contributed by atoms with Crippen molar-refractivity contribution in [2.75, 3.05) is 0 Å². The number of halogens is 3. The average molecular weight is 220 g/mol. The van der Waals surface area contributed by atoms with Crippen LogP contribution in [0.2, 0.25) is 0 Å². The Bertz CT molecular complexity index is 355. The predicted molar refractivity (Wildman–Crippen MR) is 48.9 cm³/mol. The normalized spacial score (nSPS) is 10.6. The van der Waals surface area contributed by atoms with Crippen molar-refractivity contribution in [2.45, 2.75) is 19.2 Å². The lowest BCUT2D eigenvalue weighted by Crippen LogP contribution is -2.03. The standard InChI is InChI=1S/C9H8ClF2NO/c1-5-2-6(4-14)13-8(9(11)12)7(5)3-10/h2,4,9H,3H2,1H3. The molecule has 0 saturated heterocycles. The van der Waals surface area contributed by atoms with Crippen molar-refractivity contribution in [3.8, 4) is 0 Å². The van der Waals surface area contributed by atoms with Crippen LogP contribution in [0.5, 0.6) is 0 Å². The second-order valence-electron chi connectivity index (χ2n) is 2.78. The van der Waals surface area contributed by atoms with Crippen LogP contribution in [0, 0.1) is 6.92 Å². The highest BCUT2D eigenvalue weighted by atomic mass is 35.5. The maximum absolute atomic E-state index is 12.5. The SMILES string of the molecule is Cc1cc(C=O)nc(C(F)F)c1CCl. The summed E-state index contributed by atoms with van der Waals surface area (Å²) in [5, 5.41) is 0. The first-order chi connectivity index (χ1) is 6.60. The minimum Gasteiger partial charge on any atom is -0.296 e. The van der Waals surface area contributed by atoms with Crippen LogP contribution in [0.15, 0.2) is 6.07 Å². The Balaban J connectivity index is 3.35. The molecule has 0 radical (unpaired) electrons. The predicted octanol–water partition coefficient (Wildman–Crippen LogP) is 2.88. The van der Waals surface area contributed by atoms with E-state index in [9.17, 15) is 13.6 Å². The second-order valence-corrected chi connectivity index (χ2v) is 3.05. The van der Waals surface area contributed by atoms with Gasteiger partial charge in [-0.15, -0.1) is 11.6 Å². The largest absolute Gasteiger partial charge is 0.296 e. The van der Waals surface area contributed by atoms with Crippen LogP contribution in [0.4, 0.5) is 8.78 Å². The van der Waals surface area contributed by atoms with Crippen molar-refractivity contribution in [3.05, 3.63) is 28.6 Å². The molecule has 0 N–H and O–H groups in total. The van der Waals surface area contributed by atoms with Crippen LogP contribution in [-0.2, 0) is 5.88 Å². The van der Waals surface area contributed by atoms with Crippen LogP contribution in [-0.4, -0.2) is 11.3 Å². The summed E-state index contributed by atoms with van der Waals surface area (Å²) in [6.07, 6.45) is -2.26. The zero-order chi connectivity index (χ0) is 10.7. The number of rotatable bonds is 3. The number of aldehydes is 1. The molecule has 0 atom stereocenters. The molecule has 1 aromatic rings. The van der Waals surface area contributed by atoms with Crippen LogP contribution in [0.3, 0.4) is 0 Å². The van der Waals surface area contributed by atoms with Crippen LogP contribution in [0.25, 0.3) is 0 Å². The first-order valence-electron chi connectivity index (χ1n) is 3.89. The fourth-order valence-electron chi connectivity index (χ4n) is 1.16. The minimum atomic E-state index is -2.71. The van der Waals surface area contributed by atoms with Crippen LogP contribution >= 0.6 is 11.6 Å². The van der Waals surface area contributed by atoms with E-state index in [1.807, 2.05) is 0 Å². The molecule has 0 aliphatic carbocycles. The molecule has 2 nitrogen and oxygen atoms in total. The summed E-state index contributed by atoms with van der Waals surface area (Å²) in [5.41, 5.74) is 0.466. The zero-order valence-electron chi connectivity index (χ0n) is 7.43. The smallest absolute Gasteiger partial charge is 0.280 e. The Labute approximate surface area is 84.9 Å². The molecule has 76 valence electrons. The molecule has 0 aliphatic rings. The fraction of sp³-hybridized carbons (Fsp3) is 0.333. The highest BCUT2D eigenvalue weighted by Gasteiger charge is 2.17. The third kappa shape index (κ3) is 2.07.